The molecule has 1 rings (SSSR count). The van der Waals surface area contributed by atoms with E-state index < -0.39 is 18.4 Å². The molecule has 0 heterocycles. The Hall–Kier alpha value is 1.02. The number of hydrogen-bond acceptors (Lipinski definition) is 0. The molecule has 0 aromatic rings. The minimum absolute atomic E-state index is 1.35. The van der Waals surface area contributed by atoms with Gasteiger partial charge in [0.2, 0.25) is 0 Å². The maximum absolute atomic E-state index is 3.87. The molecule has 0 bridgehead atoms. The van der Waals surface area contributed by atoms with Crippen molar-refractivity contribution in [3.63, 3.8) is 0 Å². The van der Waals surface area contributed by atoms with Crippen molar-refractivity contribution in [3.05, 3.63) is 8.07 Å². The third-order valence-electron chi connectivity index (χ3n) is 4.59. The first-order valence-corrected chi connectivity index (χ1v) is 16.4. The third-order valence-corrected chi connectivity index (χ3v) is 23.0. The van der Waals surface area contributed by atoms with Gasteiger partial charge in [-0.05, 0) is 0 Å². The first-order valence-electron chi connectivity index (χ1n) is 8.08. The van der Waals surface area contributed by atoms with Crippen LogP contribution in [0.3, 0.4) is 0 Å². The van der Waals surface area contributed by atoms with Gasteiger partial charge >= 0.3 is 128 Å². The van der Waals surface area contributed by atoms with Crippen LogP contribution in [-0.4, -0.2) is 18.4 Å². The molecule has 0 unspecified atom stereocenters. The summed E-state index contributed by atoms with van der Waals surface area (Å²) >= 11 is 1.92. The molecule has 0 aromatic heterocycles. The van der Waals surface area contributed by atoms with Crippen LogP contribution in [0, 0.1) is 0 Å². The Labute approximate surface area is 127 Å². The average molecular weight is 422 g/mol. The minimum atomic E-state index is -1.96. The van der Waals surface area contributed by atoms with Gasteiger partial charge < -0.3 is 0 Å². The van der Waals surface area contributed by atoms with E-state index in [9.17, 15) is 0 Å². The average Bonchev–Trinajstić information content (AvgIpc) is 2.38. The molecule has 1 aliphatic carbocycles. The number of hydrogen-bond donors (Lipinski definition) is 0. The molecule has 0 aromatic carbocycles. The zero-order valence-corrected chi connectivity index (χ0v) is 17.1. The molecule has 0 spiro atoms. The molecule has 0 saturated heterocycles. The second kappa shape index (κ2) is 9.05. The predicted octanol–water partition coefficient (Wildman–Crippen LogP) is 6.82. The normalized spacial score (nSPS) is 16.0. The number of halogens is 1. The van der Waals surface area contributed by atoms with Crippen molar-refractivity contribution in [2.24, 2.45) is 0 Å². The zero-order valence-electron chi connectivity index (χ0n) is 12.7. The SMILES string of the molecule is CCC[CH2][Sn]([CH2]CCC)([CH2]CCC)[C]1=C(Br)CC1. The van der Waals surface area contributed by atoms with E-state index in [4.69, 9.17) is 0 Å². The van der Waals surface area contributed by atoms with Gasteiger partial charge in [-0.25, -0.2) is 0 Å². The molecule has 0 fully saturated rings. The molecule has 0 nitrogen and oxygen atoms in total. The van der Waals surface area contributed by atoms with E-state index in [0.717, 1.165) is 0 Å². The van der Waals surface area contributed by atoms with Crippen LogP contribution in [0.25, 0.3) is 0 Å². The van der Waals surface area contributed by atoms with Crippen LogP contribution in [0.5, 0.6) is 0 Å². The van der Waals surface area contributed by atoms with Crippen molar-refractivity contribution in [1.29, 1.82) is 0 Å². The Kier molecular flexibility index (Phi) is 8.58. The van der Waals surface area contributed by atoms with Crippen molar-refractivity contribution in [2.45, 2.75) is 85.4 Å². The fourth-order valence-corrected chi connectivity index (χ4v) is 23.9. The molecular formula is C16H31BrSn. The summed E-state index contributed by atoms with van der Waals surface area (Å²) in [5, 5.41) is 0. The Morgan fingerprint density at radius 1 is 0.833 bits per heavy atom. The van der Waals surface area contributed by atoms with Crippen molar-refractivity contribution in [2.75, 3.05) is 0 Å². The molecule has 18 heavy (non-hydrogen) atoms. The van der Waals surface area contributed by atoms with Gasteiger partial charge in [-0.3, -0.25) is 0 Å². The molecule has 0 radical (unpaired) electrons. The van der Waals surface area contributed by atoms with Crippen LogP contribution in [0.1, 0.15) is 72.1 Å². The third kappa shape index (κ3) is 4.54. The molecule has 106 valence electrons. The van der Waals surface area contributed by atoms with Crippen LogP contribution in [-0.2, 0) is 0 Å². The van der Waals surface area contributed by atoms with Gasteiger partial charge in [0.15, 0.2) is 0 Å². The van der Waals surface area contributed by atoms with Crippen molar-refractivity contribution in [1.82, 2.24) is 0 Å². The summed E-state index contributed by atoms with van der Waals surface area (Å²) in [5.74, 6) is 0. The second-order valence-corrected chi connectivity index (χ2v) is 20.2. The summed E-state index contributed by atoms with van der Waals surface area (Å²) in [5.41, 5.74) is 0. The van der Waals surface area contributed by atoms with Gasteiger partial charge in [0, 0.05) is 0 Å². The Bertz CT molecular complexity index is 248. The Morgan fingerprint density at radius 3 is 1.50 bits per heavy atom. The molecule has 0 amide bonds. The summed E-state index contributed by atoms with van der Waals surface area (Å²) in [6.45, 7) is 7.08. The van der Waals surface area contributed by atoms with Crippen LogP contribution in [0.15, 0.2) is 8.07 Å². The Morgan fingerprint density at radius 2 is 1.28 bits per heavy atom. The number of unbranched alkanes of at least 4 members (excludes halogenated alkanes) is 3. The molecule has 1 aliphatic rings. The van der Waals surface area contributed by atoms with Crippen LogP contribution in [0.4, 0.5) is 0 Å². The molecule has 0 N–H and O–H groups in total. The predicted molar refractivity (Wildman–Crippen MR) is 90.1 cm³/mol. The summed E-state index contributed by atoms with van der Waals surface area (Å²) in [4.78, 5) is 0. The van der Waals surface area contributed by atoms with Gasteiger partial charge in [-0.2, -0.15) is 0 Å². The van der Waals surface area contributed by atoms with Crippen molar-refractivity contribution in [3.8, 4) is 0 Å². The van der Waals surface area contributed by atoms with E-state index in [1.165, 1.54) is 51.4 Å². The van der Waals surface area contributed by atoms with Gasteiger partial charge in [-0.15, -0.1) is 0 Å². The van der Waals surface area contributed by atoms with Crippen LogP contribution < -0.4 is 0 Å². The van der Waals surface area contributed by atoms with Gasteiger partial charge in [0.25, 0.3) is 0 Å². The van der Waals surface area contributed by atoms with E-state index >= 15 is 0 Å². The Balaban J connectivity index is 2.81. The topological polar surface area (TPSA) is 0 Å². The summed E-state index contributed by atoms with van der Waals surface area (Å²) in [6.07, 6.45) is 11.4. The standard InChI is InChI=1S/C4H4Br.3C4H9.Sn/c5-4-2-1-3-4;3*1-3-4-2;/h1-2H2;3*1,3-4H2,2H3;. The van der Waals surface area contributed by atoms with E-state index in [1.54, 1.807) is 17.8 Å². The second-order valence-electron chi connectivity index (χ2n) is 5.97. The van der Waals surface area contributed by atoms with Crippen molar-refractivity contribution >= 4 is 34.3 Å². The molecule has 0 atom stereocenters. The quantitative estimate of drug-likeness (QED) is 0.339. The fourth-order valence-electron chi connectivity index (χ4n) is 3.27. The molecular weight excluding hydrogens is 391 g/mol. The van der Waals surface area contributed by atoms with Gasteiger partial charge in [0.1, 0.15) is 0 Å². The first-order chi connectivity index (χ1) is 8.70. The van der Waals surface area contributed by atoms with E-state index in [1.807, 2.05) is 3.59 Å². The molecule has 0 aliphatic heterocycles. The number of allylic oxidation sites excluding steroid dienone is 2. The van der Waals surface area contributed by atoms with Gasteiger partial charge in [0.05, 0.1) is 0 Å². The maximum atomic E-state index is 3.87. The first kappa shape index (κ1) is 17.1. The van der Waals surface area contributed by atoms with Crippen LogP contribution in [0.2, 0.25) is 13.3 Å². The summed E-state index contributed by atoms with van der Waals surface area (Å²) < 4.78 is 8.54. The summed E-state index contributed by atoms with van der Waals surface area (Å²) in [6, 6.07) is 0. The molecule has 0 saturated carbocycles. The van der Waals surface area contributed by atoms with E-state index in [-0.39, 0.29) is 0 Å². The molecule has 2 heteroatoms. The van der Waals surface area contributed by atoms with E-state index in [0.29, 0.717) is 0 Å². The number of rotatable bonds is 10. The van der Waals surface area contributed by atoms with Crippen molar-refractivity contribution < 1.29 is 0 Å². The zero-order chi connectivity index (χ0) is 13.4. The summed E-state index contributed by atoms with van der Waals surface area (Å²) in [7, 11) is 0. The van der Waals surface area contributed by atoms with Gasteiger partial charge in [-0.1, -0.05) is 0 Å². The monoisotopic (exact) mass is 422 g/mol. The van der Waals surface area contributed by atoms with E-state index in [2.05, 4.69) is 36.7 Å². The fraction of sp³-hybridized carbons (Fsp3) is 0.875. The van der Waals surface area contributed by atoms with Crippen LogP contribution >= 0.6 is 15.9 Å².